The lowest BCUT2D eigenvalue weighted by atomic mass is 9.96. The third kappa shape index (κ3) is 4.23. The summed E-state index contributed by atoms with van der Waals surface area (Å²) in [7, 11) is 1.87. The van der Waals surface area contributed by atoms with E-state index in [2.05, 4.69) is 32.0 Å². The molecule has 0 amide bonds. The van der Waals surface area contributed by atoms with Gasteiger partial charge in [-0.3, -0.25) is 9.89 Å². The molecule has 2 N–H and O–H groups in total. The van der Waals surface area contributed by atoms with E-state index in [0.29, 0.717) is 6.04 Å². The van der Waals surface area contributed by atoms with E-state index in [1.54, 1.807) is 4.88 Å². The molecule has 4 nitrogen and oxygen atoms in total. The predicted octanol–water partition coefficient (Wildman–Crippen LogP) is 2.60. The molecule has 2 heterocycles. The molecular formula is C17H28N4S. The van der Waals surface area contributed by atoms with E-state index in [9.17, 15) is 0 Å². The van der Waals surface area contributed by atoms with Crippen LogP contribution in [-0.4, -0.2) is 43.6 Å². The van der Waals surface area contributed by atoms with Gasteiger partial charge in [0.2, 0.25) is 0 Å². The van der Waals surface area contributed by atoms with Crippen molar-refractivity contribution in [2.45, 2.75) is 51.1 Å². The molecule has 0 bridgehead atoms. The maximum atomic E-state index is 4.37. The Morgan fingerprint density at radius 2 is 2.23 bits per heavy atom. The van der Waals surface area contributed by atoms with Crippen LogP contribution < -0.4 is 10.6 Å². The molecule has 22 heavy (non-hydrogen) atoms. The molecule has 0 aromatic carbocycles. The van der Waals surface area contributed by atoms with E-state index >= 15 is 0 Å². The van der Waals surface area contributed by atoms with Gasteiger partial charge in [-0.1, -0.05) is 19.3 Å². The summed E-state index contributed by atoms with van der Waals surface area (Å²) in [6, 6.07) is 2.90. The van der Waals surface area contributed by atoms with Crippen molar-refractivity contribution in [3.63, 3.8) is 0 Å². The number of rotatable bonds is 4. The lowest BCUT2D eigenvalue weighted by Gasteiger charge is -2.28. The first-order chi connectivity index (χ1) is 10.8. The van der Waals surface area contributed by atoms with Gasteiger partial charge >= 0.3 is 0 Å². The Morgan fingerprint density at radius 1 is 1.36 bits per heavy atom. The molecule has 0 spiro atoms. The van der Waals surface area contributed by atoms with Crippen molar-refractivity contribution >= 4 is 17.3 Å². The van der Waals surface area contributed by atoms with Gasteiger partial charge in [0, 0.05) is 44.1 Å². The molecule has 1 fully saturated rings. The Labute approximate surface area is 138 Å². The van der Waals surface area contributed by atoms with Crippen molar-refractivity contribution < 1.29 is 0 Å². The molecule has 0 radical (unpaired) electrons. The Kier molecular flexibility index (Phi) is 5.73. The van der Waals surface area contributed by atoms with E-state index in [0.717, 1.165) is 25.6 Å². The number of thiophene rings is 1. The van der Waals surface area contributed by atoms with Gasteiger partial charge in [-0.25, -0.2) is 0 Å². The van der Waals surface area contributed by atoms with E-state index in [-0.39, 0.29) is 0 Å². The summed E-state index contributed by atoms with van der Waals surface area (Å²) in [4.78, 5) is 8.49. The predicted molar refractivity (Wildman–Crippen MR) is 94.7 cm³/mol. The highest BCUT2D eigenvalue weighted by Gasteiger charge is 2.17. The van der Waals surface area contributed by atoms with Gasteiger partial charge in [-0.15, -0.1) is 11.3 Å². The number of guanidine groups is 1. The minimum atomic E-state index is 0.614. The minimum absolute atomic E-state index is 0.614. The molecule has 1 aromatic heterocycles. The summed E-state index contributed by atoms with van der Waals surface area (Å²) < 4.78 is 0. The molecule has 1 aliphatic heterocycles. The van der Waals surface area contributed by atoms with Gasteiger partial charge in [0.05, 0.1) is 0 Å². The van der Waals surface area contributed by atoms with Crippen molar-refractivity contribution in [3.05, 3.63) is 21.9 Å². The SMILES string of the molecule is CN=C(NCCN1CCc2sccc2C1)NC1CCCCC1. The summed E-state index contributed by atoms with van der Waals surface area (Å²) in [6.45, 7) is 4.34. The van der Waals surface area contributed by atoms with Crippen LogP contribution in [0.3, 0.4) is 0 Å². The van der Waals surface area contributed by atoms with Crippen molar-refractivity contribution in [1.29, 1.82) is 0 Å². The molecule has 1 aliphatic carbocycles. The van der Waals surface area contributed by atoms with E-state index in [4.69, 9.17) is 0 Å². The third-order valence-electron chi connectivity index (χ3n) is 4.78. The highest BCUT2D eigenvalue weighted by Crippen LogP contribution is 2.23. The van der Waals surface area contributed by atoms with Crippen molar-refractivity contribution in [2.75, 3.05) is 26.7 Å². The fourth-order valence-electron chi connectivity index (χ4n) is 3.47. The summed E-state index contributed by atoms with van der Waals surface area (Å²) in [5, 5.41) is 9.28. The average molecular weight is 321 g/mol. The molecule has 3 rings (SSSR count). The highest BCUT2D eigenvalue weighted by atomic mass is 32.1. The number of nitrogens with zero attached hydrogens (tertiary/aromatic N) is 2. The smallest absolute Gasteiger partial charge is 0.191 e. The summed E-state index contributed by atoms with van der Waals surface area (Å²) >= 11 is 1.91. The Bertz CT molecular complexity index is 491. The highest BCUT2D eigenvalue weighted by molar-refractivity contribution is 7.10. The third-order valence-corrected chi connectivity index (χ3v) is 5.80. The van der Waals surface area contributed by atoms with Crippen LogP contribution in [0.1, 0.15) is 42.5 Å². The van der Waals surface area contributed by atoms with Crippen LogP contribution in [-0.2, 0) is 13.0 Å². The molecule has 0 saturated heterocycles. The summed E-state index contributed by atoms with van der Waals surface area (Å²) in [6.07, 6.45) is 7.88. The normalized spacial score (nSPS) is 20.7. The zero-order valence-electron chi connectivity index (χ0n) is 13.6. The number of nitrogens with one attached hydrogen (secondary N) is 2. The molecule has 1 saturated carbocycles. The van der Waals surface area contributed by atoms with Gasteiger partial charge in [-0.2, -0.15) is 0 Å². The number of hydrogen-bond donors (Lipinski definition) is 2. The topological polar surface area (TPSA) is 39.7 Å². The zero-order valence-corrected chi connectivity index (χ0v) is 14.4. The summed E-state index contributed by atoms with van der Waals surface area (Å²) in [5.74, 6) is 0.972. The maximum absolute atomic E-state index is 4.37. The quantitative estimate of drug-likeness (QED) is 0.662. The zero-order chi connectivity index (χ0) is 15.2. The minimum Gasteiger partial charge on any atom is -0.355 e. The van der Waals surface area contributed by atoms with Gasteiger partial charge < -0.3 is 10.6 Å². The molecule has 122 valence electrons. The Morgan fingerprint density at radius 3 is 3.05 bits per heavy atom. The van der Waals surface area contributed by atoms with Crippen LogP contribution in [0.4, 0.5) is 0 Å². The molecule has 2 aliphatic rings. The first kappa shape index (κ1) is 15.8. The second kappa shape index (κ2) is 7.97. The van der Waals surface area contributed by atoms with Crippen LogP contribution in [0.2, 0.25) is 0 Å². The largest absolute Gasteiger partial charge is 0.355 e. The maximum Gasteiger partial charge on any atom is 0.191 e. The summed E-state index contributed by atoms with van der Waals surface area (Å²) in [5.41, 5.74) is 1.53. The van der Waals surface area contributed by atoms with Crippen LogP contribution in [0.5, 0.6) is 0 Å². The molecule has 1 aromatic rings. The van der Waals surface area contributed by atoms with Gasteiger partial charge in [-0.05, 0) is 36.3 Å². The monoisotopic (exact) mass is 320 g/mol. The first-order valence-corrected chi connectivity index (χ1v) is 9.48. The Balaban J connectivity index is 1.38. The number of aliphatic imine (C=N–C) groups is 1. The lowest BCUT2D eigenvalue weighted by molar-refractivity contribution is 0.260. The Hall–Kier alpha value is -1.07. The van der Waals surface area contributed by atoms with Gasteiger partial charge in [0.25, 0.3) is 0 Å². The van der Waals surface area contributed by atoms with Crippen LogP contribution in [0.25, 0.3) is 0 Å². The number of fused-ring (bicyclic) bond motifs is 1. The number of hydrogen-bond acceptors (Lipinski definition) is 3. The van der Waals surface area contributed by atoms with E-state index < -0.39 is 0 Å². The van der Waals surface area contributed by atoms with Crippen molar-refractivity contribution in [3.8, 4) is 0 Å². The van der Waals surface area contributed by atoms with Crippen molar-refractivity contribution in [2.24, 2.45) is 4.99 Å². The second-order valence-electron chi connectivity index (χ2n) is 6.37. The molecule has 0 atom stereocenters. The van der Waals surface area contributed by atoms with E-state index in [1.165, 1.54) is 50.6 Å². The van der Waals surface area contributed by atoms with E-state index in [1.807, 2.05) is 18.4 Å². The fourth-order valence-corrected chi connectivity index (χ4v) is 4.35. The first-order valence-electron chi connectivity index (χ1n) is 8.60. The van der Waals surface area contributed by atoms with Crippen LogP contribution in [0, 0.1) is 0 Å². The second-order valence-corrected chi connectivity index (χ2v) is 7.37. The standard InChI is InChI=1S/C17H28N4S/c1-18-17(20-15-5-3-2-4-6-15)19-9-11-21-10-7-16-14(13-21)8-12-22-16/h8,12,15H,2-7,9-11,13H2,1H3,(H2,18,19,20). The molecule has 5 heteroatoms. The van der Waals surface area contributed by atoms with Gasteiger partial charge in [0.1, 0.15) is 0 Å². The van der Waals surface area contributed by atoms with Crippen LogP contribution >= 0.6 is 11.3 Å². The van der Waals surface area contributed by atoms with Gasteiger partial charge in [0.15, 0.2) is 5.96 Å². The lowest BCUT2D eigenvalue weighted by Crippen LogP contribution is -2.46. The average Bonchev–Trinajstić information content (AvgIpc) is 3.02. The fraction of sp³-hybridized carbons (Fsp3) is 0.706. The molecular weight excluding hydrogens is 292 g/mol. The van der Waals surface area contributed by atoms with Crippen molar-refractivity contribution in [1.82, 2.24) is 15.5 Å². The molecule has 0 unspecified atom stereocenters. The van der Waals surface area contributed by atoms with Crippen LogP contribution in [0.15, 0.2) is 16.4 Å².